The molecule has 108 valence electrons. The fraction of sp³-hybridized carbons (Fsp3) is 0.917. The summed E-state index contributed by atoms with van der Waals surface area (Å²) in [5.41, 5.74) is 5.26. The van der Waals surface area contributed by atoms with Gasteiger partial charge < -0.3 is 24.7 Å². The molecule has 0 radical (unpaired) electrons. The van der Waals surface area contributed by atoms with Crippen molar-refractivity contribution in [2.45, 2.75) is 13.3 Å². The number of hydrogen-bond donors (Lipinski definition) is 1. The van der Waals surface area contributed by atoms with Crippen LogP contribution in [0.15, 0.2) is 0 Å². The summed E-state index contributed by atoms with van der Waals surface area (Å²) in [4.78, 5) is 10.6. The molecule has 0 fully saturated rings. The van der Waals surface area contributed by atoms with Crippen LogP contribution in [-0.2, 0) is 23.7 Å². The lowest BCUT2D eigenvalue weighted by Gasteiger charge is -2.06. The van der Waals surface area contributed by atoms with Gasteiger partial charge in [-0.1, -0.05) is 0 Å². The highest BCUT2D eigenvalue weighted by molar-refractivity contribution is 5.75. The second-order valence-corrected chi connectivity index (χ2v) is 3.69. The Morgan fingerprint density at radius 3 is 1.56 bits per heavy atom. The second kappa shape index (κ2) is 14.5. The number of nitrogens with two attached hydrogens (primary N) is 1. The monoisotopic (exact) mass is 263 g/mol. The van der Waals surface area contributed by atoms with Gasteiger partial charge in [0.1, 0.15) is 5.78 Å². The molecule has 0 atom stereocenters. The molecular formula is C12H25NO5. The minimum atomic E-state index is 0.140. The lowest BCUT2D eigenvalue weighted by atomic mass is 10.3. The lowest BCUT2D eigenvalue weighted by molar-refractivity contribution is -0.118. The van der Waals surface area contributed by atoms with Gasteiger partial charge in [0.05, 0.1) is 52.9 Å². The number of Topliss-reactive ketones (excluding diaryl/α,β-unsaturated/α-hetero) is 1. The van der Waals surface area contributed by atoms with Gasteiger partial charge in [-0.3, -0.25) is 4.79 Å². The first-order valence-corrected chi connectivity index (χ1v) is 6.28. The molecule has 6 heteroatoms. The van der Waals surface area contributed by atoms with E-state index in [1.54, 1.807) is 6.92 Å². The molecular weight excluding hydrogens is 238 g/mol. The van der Waals surface area contributed by atoms with Crippen LogP contribution in [0.25, 0.3) is 0 Å². The van der Waals surface area contributed by atoms with E-state index in [0.29, 0.717) is 65.8 Å². The molecule has 0 unspecified atom stereocenters. The van der Waals surface area contributed by atoms with Crippen LogP contribution < -0.4 is 5.73 Å². The van der Waals surface area contributed by atoms with Crippen molar-refractivity contribution < 1.29 is 23.7 Å². The number of ketones is 1. The van der Waals surface area contributed by atoms with Gasteiger partial charge in [0.25, 0.3) is 0 Å². The van der Waals surface area contributed by atoms with E-state index < -0.39 is 0 Å². The first kappa shape index (κ1) is 17.5. The number of hydrogen-bond acceptors (Lipinski definition) is 6. The zero-order chi connectivity index (χ0) is 13.5. The Bertz CT molecular complexity index is 189. The molecule has 0 saturated heterocycles. The maximum Gasteiger partial charge on any atom is 0.132 e. The highest BCUT2D eigenvalue weighted by atomic mass is 16.6. The molecule has 2 N–H and O–H groups in total. The van der Waals surface area contributed by atoms with Crippen LogP contribution in [0.5, 0.6) is 0 Å². The molecule has 6 nitrogen and oxygen atoms in total. The molecule has 0 aliphatic rings. The van der Waals surface area contributed by atoms with E-state index in [-0.39, 0.29) is 5.78 Å². The van der Waals surface area contributed by atoms with Crippen LogP contribution in [0.3, 0.4) is 0 Å². The summed E-state index contributed by atoms with van der Waals surface area (Å²) >= 11 is 0. The zero-order valence-electron chi connectivity index (χ0n) is 11.2. The molecule has 0 amide bonds. The third-order valence-corrected chi connectivity index (χ3v) is 1.98. The summed E-state index contributed by atoms with van der Waals surface area (Å²) in [5.74, 6) is 0.140. The van der Waals surface area contributed by atoms with Crippen molar-refractivity contribution >= 4 is 5.78 Å². The molecule has 0 aliphatic heterocycles. The van der Waals surface area contributed by atoms with E-state index >= 15 is 0 Å². The van der Waals surface area contributed by atoms with Gasteiger partial charge in [0.15, 0.2) is 0 Å². The van der Waals surface area contributed by atoms with Crippen molar-refractivity contribution in [3.63, 3.8) is 0 Å². The van der Waals surface area contributed by atoms with Crippen molar-refractivity contribution in [2.75, 3.05) is 59.4 Å². The van der Waals surface area contributed by atoms with Crippen LogP contribution in [-0.4, -0.2) is 65.2 Å². The summed E-state index contributed by atoms with van der Waals surface area (Å²) < 4.78 is 20.9. The quantitative estimate of drug-likeness (QED) is 0.444. The fourth-order valence-corrected chi connectivity index (χ4v) is 1.06. The van der Waals surface area contributed by atoms with Crippen LogP contribution >= 0.6 is 0 Å². The maximum absolute atomic E-state index is 10.6. The number of carbonyl (C=O) groups is 1. The van der Waals surface area contributed by atoms with Crippen molar-refractivity contribution in [1.29, 1.82) is 0 Å². The van der Waals surface area contributed by atoms with Gasteiger partial charge in [-0.05, 0) is 6.92 Å². The van der Waals surface area contributed by atoms with E-state index in [1.807, 2.05) is 0 Å². The van der Waals surface area contributed by atoms with Gasteiger partial charge in [0.2, 0.25) is 0 Å². The Hall–Kier alpha value is -0.530. The number of ether oxygens (including phenoxy) is 4. The number of carbonyl (C=O) groups excluding carboxylic acids is 1. The van der Waals surface area contributed by atoms with Crippen LogP contribution in [0.1, 0.15) is 13.3 Å². The summed E-state index contributed by atoms with van der Waals surface area (Å²) in [6, 6.07) is 0. The molecule has 0 aromatic rings. The van der Waals surface area contributed by atoms with E-state index in [0.717, 1.165) is 0 Å². The lowest BCUT2D eigenvalue weighted by Crippen LogP contribution is -2.14. The smallest absolute Gasteiger partial charge is 0.132 e. The molecule has 0 spiro atoms. The van der Waals surface area contributed by atoms with E-state index in [4.69, 9.17) is 24.7 Å². The Balaban J connectivity index is 2.92. The fourth-order valence-electron chi connectivity index (χ4n) is 1.06. The van der Waals surface area contributed by atoms with Crippen LogP contribution in [0.2, 0.25) is 0 Å². The van der Waals surface area contributed by atoms with E-state index in [1.165, 1.54) is 0 Å². The summed E-state index contributed by atoms with van der Waals surface area (Å²) in [6.07, 6.45) is 0.464. The third kappa shape index (κ3) is 15.5. The van der Waals surface area contributed by atoms with Gasteiger partial charge in [0, 0.05) is 13.0 Å². The Labute approximate surface area is 109 Å². The van der Waals surface area contributed by atoms with Gasteiger partial charge in [-0.25, -0.2) is 0 Å². The van der Waals surface area contributed by atoms with Crippen molar-refractivity contribution in [3.05, 3.63) is 0 Å². The van der Waals surface area contributed by atoms with E-state index in [9.17, 15) is 4.79 Å². The second-order valence-electron chi connectivity index (χ2n) is 3.69. The SMILES string of the molecule is CC(=O)CCOCCOCCOCCOCCN. The minimum Gasteiger partial charge on any atom is -0.379 e. The molecule has 0 rings (SSSR count). The maximum atomic E-state index is 10.6. The molecule has 0 aromatic carbocycles. The summed E-state index contributed by atoms with van der Waals surface area (Å²) in [7, 11) is 0. The summed E-state index contributed by atoms with van der Waals surface area (Å²) in [5, 5.41) is 0. The minimum absolute atomic E-state index is 0.140. The highest BCUT2D eigenvalue weighted by Crippen LogP contribution is 1.86. The van der Waals surface area contributed by atoms with Gasteiger partial charge in [-0.15, -0.1) is 0 Å². The topological polar surface area (TPSA) is 80.0 Å². The first-order chi connectivity index (χ1) is 8.77. The summed E-state index contributed by atoms with van der Waals surface area (Å²) in [6.45, 7) is 6.33. The third-order valence-electron chi connectivity index (χ3n) is 1.98. The van der Waals surface area contributed by atoms with Crippen molar-refractivity contribution in [3.8, 4) is 0 Å². The van der Waals surface area contributed by atoms with Crippen molar-refractivity contribution in [1.82, 2.24) is 0 Å². The molecule has 0 bridgehead atoms. The largest absolute Gasteiger partial charge is 0.379 e. The average molecular weight is 263 g/mol. The zero-order valence-corrected chi connectivity index (χ0v) is 11.2. The Kier molecular flexibility index (Phi) is 14.1. The number of rotatable bonds is 14. The molecule has 0 heterocycles. The standard InChI is InChI=1S/C12H25NO5/c1-12(14)2-4-15-6-8-17-10-11-18-9-7-16-5-3-13/h2-11,13H2,1H3. The molecule has 0 saturated carbocycles. The van der Waals surface area contributed by atoms with Gasteiger partial charge in [-0.2, -0.15) is 0 Å². The van der Waals surface area contributed by atoms with Gasteiger partial charge >= 0.3 is 0 Å². The van der Waals surface area contributed by atoms with E-state index in [2.05, 4.69) is 0 Å². The Morgan fingerprint density at radius 2 is 1.17 bits per heavy atom. The average Bonchev–Trinajstić information content (AvgIpc) is 2.34. The normalized spacial score (nSPS) is 10.8. The predicted molar refractivity (Wildman–Crippen MR) is 67.6 cm³/mol. The highest BCUT2D eigenvalue weighted by Gasteiger charge is 1.94. The molecule has 0 aromatic heterocycles. The predicted octanol–water partition coefficient (Wildman–Crippen LogP) is -0.00940. The molecule has 18 heavy (non-hydrogen) atoms. The van der Waals surface area contributed by atoms with Crippen LogP contribution in [0.4, 0.5) is 0 Å². The first-order valence-electron chi connectivity index (χ1n) is 6.28. The van der Waals surface area contributed by atoms with Crippen LogP contribution in [0, 0.1) is 0 Å². The molecule has 0 aliphatic carbocycles. The Morgan fingerprint density at radius 1 is 0.778 bits per heavy atom. The van der Waals surface area contributed by atoms with Crippen molar-refractivity contribution in [2.24, 2.45) is 5.73 Å².